The van der Waals surface area contributed by atoms with Crippen molar-refractivity contribution in [1.82, 2.24) is 20.2 Å². The van der Waals surface area contributed by atoms with E-state index in [0.29, 0.717) is 18.6 Å². The van der Waals surface area contributed by atoms with Crippen LogP contribution in [0.1, 0.15) is 58.9 Å². The number of alkyl halides is 9. The fraction of sp³-hybridized carbons (Fsp3) is 0.435. The molecule has 2 atom stereocenters. The molecule has 0 spiro atoms. The molecule has 0 aliphatic carbocycles. The summed E-state index contributed by atoms with van der Waals surface area (Å²) in [6.07, 6.45) is -16.0. The molecule has 0 amide bonds. The third kappa shape index (κ3) is 6.94. The Labute approximate surface area is 210 Å². The van der Waals surface area contributed by atoms with Crippen molar-refractivity contribution < 1.29 is 44.3 Å². The number of tetrazole rings is 1. The fourth-order valence-electron chi connectivity index (χ4n) is 3.97. The quantitative estimate of drug-likeness (QED) is 0.311. The summed E-state index contributed by atoms with van der Waals surface area (Å²) < 4.78 is 127. The van der Waals surface area contributed by atoms with E-state index in [1.807, 2.05) is 0 Å². The van der Waals surface area contributed by atoms with Gasteiger partial charge in [-0.2, -0.15) is 44.3 Å². The van der Waals surface area contributed by atoms with Gasteiger partial charge in [0.15, 0.2) is 0 Å². The molecule has 1 N–H and O–H groups in total. The van der Waals surface area contributed by atoms with Crippen LogP contribution in [-0.4, -0.2) is 27.3 Å². The Balaban J connectivity index is 2.23. The summed E-state index contributed by atoms with van der Waals surface area (Å²) in [7, 11) is 2.72. The van der Waals surface area contributed by atoms with Crippen molar-refractivity contribution in [2.45, 2.75) is 50.4 Å². The van der Waals surface area contributed by atoms with E-state index in [1.54, 1.807) is 6.92 Å². The summed E-state index contributed by atoms with van der Waals surface area (Å²) in [5.41, 5.74) is -4.40. The van der Waals surface area contributed by atoms with Crippen LogP contribution in [0.25, 0.3) is 0 Å². The van der Waals surface area contributed by atoms with Crippen LogP contribution < -0.4 is 5.32 Å². The first-order valence-electron chi connectivity index (χ1n) is 11.1. The highest BCUT2D eigenvalue weighted by Crippen LogP contribution is 2.40. The molecule has 1 aromatic heterocycles. The number of aromatic nitrogens is 4. The number of hydrogen-bond donors (Lipinski definition) is 1. The van der Waals surface area contributed by atoms with Gasteiger partial charge in [0.1, 0.15) is 0 Å². The maximum absolute atomic E-state index is 13.6. The van der Waals surface area contributed by atoms with E-state index in [2.05, 4.69) is 20.7 Å². The van der Waals surface area contributed by atoms with Gasteiger partial charge in [-0.1, -0.05) is 18.1 Å². The predicted octanol–water partition coefficient (Wildman–Crippen LogP) is 6.76. The highest BCUT2D eigenvalue weighted by atomic mass is 19.4. The highest BCUT2D eigenvalue weighted by Gasteiger charge is 2.38. The molecule has 0 fully saturated rings. The molecule has 208 valence electrons. The lowest BCUT2D eigenvalue weighted by Crippen LogP contribution is -2.20. The molecule has 0 radical (unpaired) electrons. The number of rotatable bonds is 8. The van der Waals surface area contributed by atoms with Gasteiger partial charge in [0.05, 0.1) is 35.9 Å². The third-order valence-corrected chi connectivity index (χ3v) is 5.69. The largest absolute Gasteiger partial charge is 0.416 e. The molecular weight excluding hydrogens is 533 g/mol. The maximum Gasteiger partial charge on any atom is 0.416 e. The molecule has 0 aliphatic rings. The molecule has 38 heavy (non-hydrogen) atoms. The van der Waals surface area contributed by atoms with E-state index in [0.717, 1.165) is 16.9 Å². The molecule has 15 heteroatoms. The first-order chi connectivity index (χ1) is 17.5. The molecule has 0 bridgehead atoms. The molecule has 0 aliphatic heterocycles. The average Bonchev–Trinajstić information content (AvgIpc) is 3.22. The van der Waals surface area contributed by atoms with Crippen molar-refractivity contribution in [3.05, 3.63) is 69.8 Å². The number of anilines is 1. The topological polar surface area (TPSA) is 64.9 Å². The van der Waals surface area contributed by atoms with Crippen molar-refractivity contribution >= 4 is 5.95 Å². The van der Waals surface area contributed by atoms with Gasteiger partial charge < -0.3 is 10.1 Å². The van der Waals surface area contributed by atoms with Crippen LogP contribution >= 0.6 is 0 Å². The van der Waals surface area contributed by atoms with E-state index >= 15 is 0 Å². The van der Waals surface area contributed by atoms with Gasteiger partial charge in [0.2, 0.25) is 0 Å². The summed E-state index contributed by atoms with van der Waals surface area (Å²) in [5.74, 6) is -0.200. The molecular formula is C23H22F9N5O. The van der Waals surface area contributed by atoms with Crippen LogP contribution in [0.2, 0.25) is 0 Å². The molecule has 6 nitrogen and oxygen atoms in total. The standard InChI is InChI=1S/C23H22F9N5O/c1-4-19(38-3)16-6-5-13(21(24,25)26)11-17(16)18(33-20-34-36-37(2)35-20)9-12-7-14(22(27,28)29)10-15(8-12)23(30,31)32/h5-8,10-11,18-19H,4,9H2,1-3H3,(H,33,35). The average molecular weight is 555 g/mol. The zero-order valence-electron chi connectivity index (χ0n) is 20.1. The Bertz CT molecular complexity index is 1220. The minimum atomic E-state index is -5.10. The van der Waals surface area contributed by atoms with Crippen molar-refractivity contribution in [2.24, 2.45) is 7.05 Å². The maximum atomic E-state index is 13.6. The molecule has 3 aromatic rings. The Morgan fingerprint density at radius 2 is 1.42 bits per heavy atom. The number of ether oxygens (including phenoxy) is 1. The molecule has 1 heterocycles. The molecule has 3 rings (SSSR count). The van der Waals surface area contributed by atoms with Gasteiger partial charge in [-0.3, -0.25) is 0 Å². The SMILES string of the molecule is CCC(OC)c1ccc(C(F)(F)F)cc1C(Cc1cc(C(F)(F)F)cc(C(F)(F)F)c1)Nc1nnn(C)n1. The second kappa shape index (κ2) is 10.8. The van der Waals surface area contributed by atoms with Crippen molar-refractivity contribution in [2.75, 3.05) is 12.4 Å². The normalized spacial score (nSPS) is 14.4. The fourth-order valence-corrected chi connectivity index (χ4v) is 3.97. The Kier molecular flexibility index (Phi) is 8.29. The van der Waals surface area contributed by atoms with Crippen LogP contribution in [-0.2, 0) is 36.7 Å². The number of methoxy groups -OCH3 is 1. The lowest BCUT2D eigenvalue weighted by atomic mass is 9.89. The number of hydrogen-bond acceptors (Lipinski definition) is 5. The van der Waals surface area contributed by atoms with Crippen molar-refractivity contribution in [3.8, 4) is 0 Å². The summed E-state index contributed by atoms with van der Waals surface area (Å²) >= 11 is 0. The molecule has 0 saturated carbocycles. The van der Waals surface area contributed by atoms with Gasteiger partial charge in [-0.25, -0.2) is 0 Å². The van der Waals surface area contributed by atoms with E-state index in [-0.39, 0.29) is 23.1 Å². The second-order valence-electron chi connectivity index (χ2n) is 8.39. The summed E-state index contributed by atoms with van der Waals surface area (Å²) in [5, 5.41) is 13.9. The van der Waals surface area contributed by atoms with Crippen LogP contribution in [0.5, 0.6) is 0 Å². The van der Waals surface area contributed by atoms with Gasteiger partial charge in [-0.15, -0.1) is 5.10 Å². The zero-order valence-corrected chi connectivity index (χ0v) is 20.1. The Morgan fingerprint density at radius 3 is 1.87 bits per heavy atom. The number of nitrogens with one attached hydrogen (secondary N) is 1. The first kappa shape index (κ1) is 29.2. The van der Waals surface area contributed by atoms with Gasteiger partial charge in [0, 0.05) is 7.11 Å². The van der Waals surface area contributed by atoms with Gasteiger partial charge in [0.25, 0.3) is 5.95 Å². The zero-order chi connectivity index (χ0) is 28.5. The Hall–Kier alpha value is -3.36. The monoisotopic (exact) mass is 555 g/mol. The van der Waals surface area contributed by atoms with Crippen LogP contribution in [0.15, 0.2) is 36.4 Å². The summed E-state index contributed by atoms with van der Waals surface area (Å²) in [6, 6.07) is 2.49. The van der Waals surface area contributed by atoms with Crippen LogP contribution in [0, 0.1) is 0 Å². The van der Waals surface area contributed by atoms with Crippen LogP contribution in [0.4, 0.5) is 45.5 Å². The first-order valence-corrected chi connectivity index (χ1v) is 11.1. The highest BCUT2D eigenvalue weighted by molar-refractivity contribution is 5.43. The Morgan fingerprint density at radius 1 is 0.842 bits per heavy atom. The van der Waals surface area contributed by atoms with Crippen molar-refractivity contribution in [3.63, 3.8) is 0 Å². The second-order valence-corrected chi connectivity index (χ2v) is 8.39. The predicted molar refractivity (Wildman–Crippen MR) is 117 cm³/mol. The number of nitrogens with zero attached hydrogens (tertiary/aromatic N) is 4. The van der Waals surface area contributed by atoms with Gasteiger partial charge in [-0.05, 0) is 65.1 Å². The molecule has 2 unspecified atom stereocenters. The number of halogens is 9. The van der Waals surface area contributed by atoms with E-state index < -0.39 is 59.3 Å². The van der Waals surface area contributed by atoms with Gasteiger partial charge >= 0.3 is 18.5 Å². The number of aryl methyl sites for hydroxylation is 1. The lowest BCUT2D eigenvalue weighted by molar-refractivity contribution is -0.143. The minimum Gasteiger partial charge on any atom is -0.377 e. The lowest BCUT2D eigenvalue weighted by Gasteiger charge is -2.26. The molecule has 2 aromatic carbocycles. The van der Waals surface area contributed by atoms with Crippen molar-refractivity contribution in [1.29, 1.82) is 0 Å². The number of benzene rings is 2. The van der Waals surface area contributed by atoms with E-state index in [9.17, 15) is 39.5 Å². The van der Waals surface area contributed by atoms with E-state index in [4.69, 9.17) is 4.74 Å². The smallest absolute Gasteiger partial charge is 0.377 e. The third-order valence-electron chi connectivity index (χ3n) is 5.69. The minimum absolute atomic E-state index is 0.0239. The summed E-state index contributed by atoms with van der Waals surface area (Å²) in [6.45, 7) is 1.70. The van der Waals surface area contributed by atoms with Crippen LogP contribution in [0.3, 0.4) is 0 Å². The summed E-state index contributed by atoms with van der Waals surface area (Å²) in [4.78, 5) is 1.02. The van der Waals surface area contributed by atoms with E-state index in [1.165, 1.54) is 20.2 Å². The molecule has 0 saturated heterocycles.